The number of rotatable bonds is 9. The van der Waals surface area contributed by atoms with Crippen molar-refractivity contribution in [1.82, 2.24) is 4.98 Å². The van der Waals surface area contributed by atoms with E-state index in [0.29, 0.717) is 18.9 Å². The van der Waals surface area contributed by atoms with Gasteiger partial charge in [-0.15, -0.1) is 0 Å². The highest BCUT2D eigenvalue weighted by Crippen LogP contribution is 2.44. The zero-order valence-corrected chi connectivity index (χ0v) is 20.5. The number of carbonyl (C=O) groups is 1. The van der Waals surface area contributed by atoms with Gasteiger partial charge in [0.25, 0.3) is 0 Å². The van der Waals surface area contributed by atoms with Crippen LogP contribution in [0.4, 0.5) is 0 Å². The van der Waals surface area contributed by atoms with Crippen molar-refractivity contribution in [3.05, 3.63) is 89.3 Å². The predicted molar refractivity (Wildman–Crippen MR) is 138 cm³/mol. The molecule has 0 saturated heterocycles. The molecule has 0 fully saturated rings. The van der Waals surface area contributed by atoms with Crippen molar-refractivity contribution in [2.24, 2.45) is 0 Å². The minimum absolute atomic E-state index is 0.00200. The van der Waals surface area contributed by atoms with Gasteiger partial charge in [-0.3, -0.25) is 4.79 Å². The van der Waals surface area contributed by atoms with Crippen LogP contribution in [-0.4, -0.2) is 29.8 Å². The summed E-state index contributed by atoms with van der Waals surface area (Å²) >= 11 is 0. The van der Waals surface area contributed by atoms with Gasteiger partial charge in [0.1, 0.15) is 17.3 Å². The molecule has 4 aromatic rings. The molecule has 1 heterocycles. The summed E-state index contributed by atoms with van der Waals surface area (Å²) in [6, 6.07) is 21.8. The number of aliphatic carboxylic acids is 1. The Hall–Kier alpha value is -4.06. The molecule has 0 bridgehead atoms. The Labute approximate surface area is 210 Å². The number of benzene rings is 3. The second-order valence-corrected chi connectivity index (χ2v) is 9.09. The van der Waals surface area contributed by atoms with E-state index in [4.69, 9.17) is 13.9 Å². The molecule has 1 aliphatic carbocycles. The number of carboxylic acid groups (broad SMARTS) is 1. The minimum atomic E-state index is -0.772. The summed E-state index contributed by atoms with van der Waals surface area (Å²) in [6.45, 7) is 2.38. The summed E-state index contributed by atoms with van der Waals surface area (Å²) in [5, 5.41) is 9.45. The molecule has 36 heavy (non-hydrogen) atoms. The van der Waals surface area contributed by atoms with Crippen LogP contribution in [0, 0.1) is 6.92 Å². The zero-order valence-electron chi connectivity index (χ0n) is 20.5. The van der Waals surface area contributed by atoms with E-state index in [-0.39, 0.29) is 12.3 Å². The van der Waals surface area contributed by atoms with Crippen LogP contribution in [0.5, 0.6) is 11.5 Å². The number of carboxylic acids is 1. The van der Waals surface area contributed by atoms with E-state index >= 15 is 0 Å². The van der Waals surface area contributed by atoms with E-state index in [1.54, 1.807) is 7.11 Å². The fraction of sp³-hybridized carbons (Fsp3) is 0.267. The van der Waals surface area contributed by atoms with E-state index < -0.39 is 5.97 Å². The number of hydrogen-bond acceptors (Lipinski definition) is 5. The highest BCUT2D eigenvalue weighted by atomic mass is 16.5. The molecule has 0 saturated carbocycles. The van der Waals surface area contributed by atoms with Gasteiger partial charge in [-0.2, -0.15) is 0 Å². The fourth-order valence-corrected chi connectivity index (χ4v) is 4.98. The van der Waals surface area contributed by atoms with Crippen LogP contribution in [0.15, 0.2) is 71.1 Å². The van der Waals surface area contributed by atoms with Crippen molar-refractivity contribution in [3.8, 4) is 34.1 Å². The van der Waals surface area contributed by atoms with Crippen LogP contribution in [0.2, 0.25) is 0 Å². The van der Waals surface area contributed by atoms with E-state index in [1.807, 2.05) is 67.6 Å². The molecule has 0 aliphatic heterocycles. The highest BCUT2D eigenvalue weighted by Gasteiger charge is 2.29. The molecule has 1 unspecified atom stereocenters. The lowest BCUT2D eigenvalue weighted by molar-refractivity contribution is -0.137. The standard InChI is InChI=1S/C30H29NO5/c1-19-27(31-30(36-19)21-6-4-3-5-7-21)14-15-35-25-16-22-8-9-23(17-28(32)33)29(22)26(18-25)20-10-12-24(34-2)13-11-20/h3-7,10-13,16,18,23H,8-9,14-15,17H2,1-2H3,(H,32,33). The van der Waals surface area contributed by atoms with Crippen LogP contribution in [0.3, 0.4) is 0 Å². The zero-order chi connectivity index (χ0) is 25.1. The van der Waals surface area contributed by atoms with Gasteiger partial charge in [0.05, 0.1) is 25.8 Å². The molecule has 0 amide bonds. The van der Waals surface area contributed by atoms with Crippen molar-refractivity contribution in [2.75, 3.05) is 13.7 Å². The normalized spacial score (nSPS) is 14.4. The number of hydrogen-bond donors (Lipinski definition) is 1. The number of oxazole rings is 1. The summed E-state index contributed by atoms with van der Waals surface area (Å²) in [7, 11) is 1.64. The Balaban J connectivity index is 1.38. The van der Waals surface area contributed by atoms with Crippen LogP contribution in [-0.2, 0) is 17.6 Å². The number of nitrogens with zero attached hydrogens (tertiary/aromatic N) is 1. The Morgan fingerprint density at radius 2 is 1.83 bits per heavy atom. The number of methoxy groups -OCH3 is 1. The summed E-state index contributed by atoms with van der Waals surface area (Å²) in [6.07, 6.45) is 2.43. The third-order valence-electron chi connectivity index (χ3n) is 6.75. The summed E-state index contributed by atoms with van der Waals surface area (Å²) in [5.41, 5.74) is 6.16. The molecule has 6 nitrogen and oxygen atoms in total. The van der Waals surface area contributed by atoms with E-state index in [9.17, 15) is 9.90 Å². The fourth-order valence-electron chi connectivity index (χ4n) is 4.98. The molecule has 5 rings (SSSR count). The van der Waals surface area contributed by atoms with Crippen molar-refractivity contribution < 1.29 is 23.8 Å². The molecule has 6 heteroatoms. The largest absolute Gasteiger partial charge is 0.497 e. The summed E-state index contributed by atoms with van der Waals surface area (Å²) < 4.78 is 17.4. The lowest BCUT2D eigenvalue weighted by Gasteiger charge is -2.17. The lowest BCUT2D eigenvalue weighted by Crippen LogP contribution is -2.06. The number of aryl methyl sites for hydroxylation is 2. The summed E-state index contributed by atoms with van der Waals surface area (Å²) in [4.78, 5) is 16.2. The molecule has 1 aromatic heterocycles. The number of aromatic nitrogens is 1. The van der Waals surface area contributed by atoms with Crippen LogP contribution in [0.1, 0.15) is 41.3 Å². The first-order chi connectivity index (χ1) is 17.5. The molecule has 1 aliphatic rings. The van der Waals surface area contributed by atoms with E-state index in [2.05, 4.69) is 11.1 Å². The average Bonchev–Trinajstić information content (AvgIpc) is 3.47. The molecule has 1 atom stereocenters. The minimum Gasteiger partial charge on any atom is -0.497 e. The van der Waals surface area contributed by atoms with Crippen LogP contribution in [0.25, 0.3) is 22.6 Å². The smallest absolute Gasteiger partial charge is 0.303 e. The highest BCUT2D eigenvalue weighted by molar-refractivity contribution is 5.75. The first-order valence-corrected chi connectivity index (χ1v) is 12.2. The number of ether oxygens (including phenoxy) is 2. The molecule has 1 N–H and O–H groups in total. The van der Waals surface area contributed by atoms with Crippen LogP contribution < -0.4 is 9.47 Å². The molecular formula is C30H29NO5. The van der Waals surface area contributed by atoms with Gasteiger partial charge in [-0.05, 0) is 84.3 Å². The molecule has 3 aromatic carbocycles. The first-order valence-electron chi connectivity index (χ1n) is 12.2. The lowest BCUT2D eigenvalue weighted by atomic mass is 9.89. The first kappa shape index (κ1) is 23.7. The van der Waals surface area contributed by atoms with Crippen molar-refractivity contribution >= 4 is 5.97 Å². The van der Waals surface area contributed by atoms with E-state index in [1.165, 1.54) is 0 Å². The van der Waals surface area contributed by atoms with Gasteiger partial charge in [0.15, 0.2) is 0 Å². The van der Waals surface area contributed by atoms with Gasteiger partial charge in [-0.25, -0.2) is 4.98 Å². The van der Waals surface area contributed by atoms with Crippen LogP contribution >= 0.6 is 0 Å². The van der Waals surface area contributed by atoms with E-state index in [0.717, 1.165) is 63.6 Å². The Bertz CT molecular complexity index is 1360. The Kier molecular flexibility index (Phi) is 6.76. The molecule has 0 spiro atoms. The maximum Gasteiger partial charge on any atom is 0.303 e. The Morgan fingerprint density at radius 1 is 1.06 bits per heavy atom. The van der Waals surface area contributed by atoms with Crippen molar-refractivity contribution in [3.63, 3.8) is 0 Å². The van der Waals surface area contributed by atoms with Crippen molar-refractivity contribution in [1.29, 1.82) is 0 Å². The maximum absolute atomic E-state index is 11.5. The van der Waals surface area contributed by atoms with Gasteiger partial charge in [-0.1, -0.05) is 30.3 Å². The summed E-state index contributed by atoms with van der Waals surface area (Å²) in [5.74, 6) is 2.20. The quantitative estimate of drug-likeness (QED) is 0.295. The average molecular weight is 484 g/mol. The third kappa shape index (κ3) is 4.98. The topological polar surface area (TPSA) is 81.8 Å². The Morgan fingerprint density at radius 3 is 2.56 bits per heavy atom. The second kappa shape index (κ2) is 10.3. The molecular weight excluding hydrogens is 454 g/mol. The number of fused-ring (bicyclic) bond motifs is 1. The van der Waals surface area contributed by atoms with Gasteiger partial charge in [0.2, 0.25) is 5.89 Å². The monoisotopic (exact) mass is 483 g/mol. The molecule has 184 valence electrons. The molecule has 0 radical (unpaired) electrons. The van der Waals surface area contributed by atoms with Gasteiger partial charge in [0, 0.05) is 12.0 Å². The second-order valence-electron chi connectivity index (χ2n) is 9.09. The van der Waals surface area contributed by atoms with Crippen molar-refractivity contribution in [2.45, 2.75) is 38.5 Å². The predicted octanol–water partition coefficient (Wildman–Crippen LogP) is 6.45. The van der Waals surface area contributed by atoms with Gasteiger partial charge >= 0.3 is 5.97 Å². The third-order valence-corrected chi connectivity index (χ3v) is 6.75. The maximum atomic E-state index is 11.5. The van der Waals surface area contributed by atoms with Gasteiger partial charge < -0.3 is 19.0 Å². The SMILES string of the molecule is COc1ccc(-c2cc(OCCc3nc(-c4ccccc4)oc3C)cc3c2C(CC(=O)O)CC3)cc1.